The van der Waals surface area contributed by atoms with Gasteiger partial charge in [0.1, 0.15) is 5.60 Å². The number of anilines is 1. The summed E-state index contributed by atoms with van der Waals surface area (Å²) in [6.45, 7) is 1.89. The minimum absolute atomic E-state index is 0.0172. The van der Waals surface area contributed by atoms with Crippen LogP contribution < -0.4 is 5.32 Å². The van der Waals surface area contributed by atoms with Crippen molar-refractivity contribution in [2.24, 2.45) is 17.0 Å². The lowest BCUT2D eigenvalue weighted by Gasteiger charge is -2.40. The number of hydrogen-bond acceptors (Lipinski definition) is 5. The van der Waals surface area contributed by atoms with Crippen molar-refractivity contribution in [2.45, 2.75) is 54.8 Å². The highest BCUT2D eigenvalue weighted by atomic mass is 35.5. The number of fused-ring (bicyclic) bond motifs is 2. The standard InChI is InChI=1S/C24H22ClF3N2O4S/c1-12-9-24(34-30-12)10-14-2-3-15(11-24)22(14)35(32,33)20-6-13(4-5-17(20)25)23(31)29-16-7-18(26)21(28)19(27)8-16/h4-8,14-15,22H,2-3,9-11H2,1H3,(H,29,31). The number of carbonyl (C=O) groups is 1. The van der Waals surface area contributed by atoms with E-state index in [9.17, 15) is 26.4 Å². The first-order chi connectivity index (χ1) is 16.5. The van der Waals surface area contributed by atoms with Gasteiger partial charge in [-0.3, -0.25) is 4.79 Å². The molecule has 6 nitrogen and oxygen atoms in total. The Morgan fingerprint density at radius 1 is 1.11 bits per heavy atom. The molecule has 1 spiro atoms. The number of benzene rings is 2. The van der Waals surface area contributed by atoms with Crippen molar-refractivity contribution in [3.05, 3.63) is 58.4 Å². The van der Waals surface area contributed by atoms with E-state index in [2.05, 4.69) is 10.5 Å². The third-order valence-corrected chi connectivity index (χ3v) is 10.1. The Bertz CT molecular complexity index is 1330. The number of hydrogen-bond donors (Lipinski definition) is 1. The van der Waals surface area contributed by atoms with Crippen molar-refractivity contribution in [1.82, 2.24) is 0 Å². The molecule has 0 saturated heterocycles. The Kier molecular flexibility index (Phi) is 5.87. The molecule has 1 aliphatic heterocycles. The smallest absolute Gasteiger partial charge is 0.255 e. The quantitative estimate of drug-likeness (QED) is 0.533. The van der Waals surface area contributed by atoms with Gasteiger partial charge in [-0.1, -0.05) is 16.8 Å². The van der Waals surface area contributed by atoms with Gasteiger partial charge < -0.3 is 10.2 Å². The Morgan fingerprint density at radius 2 is 1.74 bits per heavy atom. The van der Waals surface area contributed by atoms with Gasteiger partial charge in [-0.25, -0.2) is 21.6 Å². The first kappa shape index (κ1) is 24.1. The molecular weight excluding hydrogens is 505 g/mol. The molecule has 1 heterocycles. The lowest BCUT2D eigenvalue weighted by atomic mass is 9.75. The van der Waals surface area contributed by atoms with Gasteiger partial charge in [0.05, 0.1) is 20.9 Å². The minimum Gasteiger partial charge on any atom is -0.389 e. The maximum absolute atomic E-state index is 13.8. The zero-order valence-electron chi connectivity index (χ0n) is 18.7. The average Bonchev–Trinajstić information content (AvgIpc) is 3.29. The van der Waals surface area contributed by atoms with Crippen LogP contribution in [0.1, 0.15) is 49.4 Å². The number of carbonyl (C=O) groups excluding carboxylic acids is 1. The van der Waals surface area contributed by atoms with Crippen LogP contribution in [0.5, 0.6) is 0 Å². The molecule has 11 heteroatoms. The number of sulfone groups is 1. The van der Waals surface area contributed by atoms with Crippen molar-refractivity contribution in [3.63, 3.8) is 0 Å². The van der Waals surface area contributed by atoms with Crippen LogP contribution in [-0.2, 0) is 14.7 Å². The van der Waals surface area contributed by atoms with Gasteiger partial charge in [0.2, 0.25) is 0 Å². The Morgan fingerprint density at radius 3 is 2.31 bits per heavy atom. The lowest BCUT2D eigenvalue weighted by molar-refractivity contribution is -0.0618. The molecule has 0 aromatic heterocycles. The van der Waals surface area contributed by atoms with Crippen molar-refractivity contribution >= 4 is 38.7 Å². The molecule has 35 heavy (non-hydrogen) atoms. The third-order valence-electron chi connectivity index (χ3n) is 7.18. The number of amides is 1. The molecule has 5 rings (SSSR count). The van der Waals surface area contributed by atoms with E-state index in [1.807, 2.05) is 6.92 Å². The fourth-order valence-corrected chi connectivity index (χ4v) is 8.73. The fraction of sp³-hybridized carbons (Fsp3) is 0.417. The second-order valence-electron chi connectivity index (χ2n) is 9.65. The molecule has 2 unspecified atom stereocenters. The van der Waals surface area contributed by atoms with Crippen molar-refractivity contribution < 1.29 is 31.2 Å². The van der Waals surface area contributed by atoms with Crippen LogP contribution in [0.15, 0.2) is 40.4 Å². The molecule has 186 valence electrons. The van der Waals surface area contributed by atoms with E-state index in [-0.39, 0.29) is 33.0 Å². The highest BCUT2D eigenvalue weighted by molar-refractivity contribution is 7.92. The van der Waals surface area contributed by atoms with Crippen molar-refractivity contribution in [2.75, 3.05) is 5.32 Å². The van der Waals surface area contributed by atoms with Crippen LogP contribution in [0.4, 0.5) is 18.9 Å². The molecule has 2 aromatic rings. The maximum Gasteiger partial charge on any atom is 0.255 e. The molecule has 0 radical (unpaired) electrons. The highest BCUT2D eigenvalue weighted by Gasteiger charge is 2.57. The summed E-state index contributed by atoms with van der Waals surface area (Å²) in [6.07, 6.45) is 3.34. The van der Waals surface area contributed by atoms with Gasteiger partial charge >= 0.3 is 0 Å². The molecule has 3 aliphatic rings. The molecule has 1 amide bonds. The predicted octanol–water partition coefficient (Wildman–Crippen LogP) is 5.51. The van der Waals surface area contributed by atoms with E-state index in [1.165, 1.54) is 18.2 Å². The first-order valence-corrected chi connectivity index (χ1v) is 13.1. The third kappa shape index (κ3) is 4.20. The number of oxime groups is 1. The van der Waals surface area contributed by atoms with Gasteiger partial charge in [-0.2, -0.15) is 0 Å². The van der Waals surface area contributed by atoms with Crippen LogP contribution in [0.3, 0.4) is 0 Å². The Hall–Kier alpha value is -2.59. The van der Waals surface area contributed by atoms with Gasteiger partial charge in [0.25, 0.3) is 5.91 Å². The van der Waals surface area contributed by atoms with Gasteiger partial charge in [-0.15, -0.1) is 0 Å². The van der Waals surface area contributed by atoms with E-state index < -0.39 is 44.0 Å². The van der Waals surface area contributed by atoms with E-state index >= 15 is 0 Å². The molecular formula is C24H22ClF3N2O4S. The molecule has 2 saturated carbocycles. The summed E-state index contributed by atoms with van der Waals surface area (Å²) in [5, 5.41) is 5.67. The molecule has 1 N–H and O–H groups in total. The van der Waals surface area contributed by atoms with E-state index in [1.54, 1.807) is 0 Å². The van der Waals surface area contributed by atoms with Crippen LogP contribution in [0.25, 0.3) is 0 Å². The first-order valence-electron chi connectivity index (χ1n) is 11.2. The summed E-state index contributed by atoms with van der Waals surface area (Å²) in [4.78, 5) is 18.3. The van der Waals surface area contributed by atoms with Crippen molar-refractivity contribution in [1.29, 1.82) is 0 Å². The number of nitrogens with zero attached hydrogens (tertiary/aromatic N) is 1. The second-order valence-corrected chi connectivity index (χ2v) is 12.1. The topological polar surface area (TPSA) is 84.8 Å². The largest absolute Gasteiger partial charge is 0.389 e. The van der Waals surface area contributed by atoms with Gasteiger partial charge in [0, 0.05) is 29.8 Å². The van der Waals surface area contributed by atoms with Gasteiger partial charge in [-0.05, 0) is 62.6 Å². The highest BCUT2D eigenvalue weighted by Crippen LogP contribution is 2.54. The monoisotopic (exact) mass is 526 g/mol. The average molecular weight is 527 g/mol. The summed E-state index contributed by atoms with van der Waals surface area (Å²) < 4.78 is 67.7. The fourth-order valence-electron chi connectivity index (χ4n) is 5.89. The minimum atomic E-state index is -3.91. The zero-order valence-corrected chi connectivity index (χ0v) is 20.2. The molecule has 2 fully saturated rings. The maximum atomic E-state index is 13.8. The SMILES string of the molecule is CC1=NOC2(C1)CC1CCC(C2)C1S(=O)(=O)c1cc(C(=O)Nc2cc(F)c(F)c(F)c2)ccc1Cl. The number of halogens is 4. The molecule has 2 bridgehead atoms. The molecule has 2 aromatic carbocycles. The summed E-state index contributed by atoms with van der Waals surface area (Å²) in [7, 11) is -3.91. The van der Waals surface area contributed by atoms with Crippen molar-refractivity contribution in [3.8, 4) is 0 Å². The van der Waals surface area contributed by atoms with Crippen LogP contribution in [0, 0.1) is 29.3 Å². The zero-order chi connectivity index (χ0) is 25.1. The molecule has 2 aliphatic carbocycles. The lowest BCUT2D eigenvalue weighted by Crippen LogP contribution is -2.46. The van der Waals surface area contributed by atoms with E-state index in [0.29, 0.717) is 31.4 Å². The number of nitrogens with one attached hydrogen (secondary N) is 1. The van der Waals surface area contributed by atoms with Crippen LogP contribution in [-0.4, -0.2) is 30.9 Å². The van der Waals surface area contributed by atoms with Crippen LogP contribution >= 0.6 is 11.6 Å². The number of rotatable bonds is 4. The summed E-state index contributed by atoms with van der Waals surface area (Å²) in [5.74, 6) is -5.65. The predicted molar refractivity (Wildman–Crippen MR) is 124 cm³/mol. The second kappa shape index (κ2) is 8.51. The van der Waals surface area contributed by atoms with E-state index in [0.717, 1.165) is 18.6 Å². The Labute approximate surface area is 205 Å². The van der Waals surface area contributed by atoms with Crippen LogP contribution in [0.2, 0.25) is 5.02 Å². The summed E-state index contributed by atoms with van der Waals surface area (Å²) in [6, 6.07) is 5.06. The van der Waals surface area contributed by atoms with E-state index in [4.69, 9.17) is 16.4 Å². The Balaban J connectivity index is 1.41. The van der Waals surface area contributed by atoms with Gasteiger partial charge in [0.15, 0.2) is 27.3 Å². The summed E-state index contributed by atoms with van der Waals surface area (Å²) in [5.41, 5.74) is 0.0671. The molecule has 2 atom stereocenters. The summed E-state index contributed by atoms with van der Waals surface area (Å²) >= 11 is 6.28. The normalized spacial score (nSPS) is 27.6.